The molecule has 0 radical (unpaired) electrons. The van der Waals surface area contributed by atoms with E-state index >= 15 is 0 Å². The summed E-state index contributed by atoms with van der Waals surface area (Å²) in [4.78, 5) is 24.5. The van der Waals surface area contributed by atoms with Crippen LogP contribution in [0.4, 0.5) is 15.8 Å². The van der Waals surface area contributed by atoms with E-state index in [0.29, 0.717) is 12.1 Å². The van der Waals surface area contributed by atoms with E-state index in [0.717, 1.165) is 6.42 Å². The maximum absolute atomic E-state index is 15.0. The van der Waals surface area contributed by atoms with Crippen LogP contribution < -0.4 is 22.0 Å². The summed E-state index contributed by atoms with van der Waals surface area (Å²) in [6, 6.07) is 11.6. The van der Waals surface area contributed by atoms with Gasteiger partial charge in [-0.25, -0.2) is 9.87 Å². The second kappa shape index (κ2) is 7.21. The number of hydrogen-bond acceptors (Lipinski definition) is 5. The topological polar surface area (TPSA) is 109 Å². The lowest BCUT2D eigenvalue weighted by Crippen LogP contribution is -2.28. The van der Waals surface area contributed by atoms with Gasteiger partial charge in [0, 0.05) is 24.7 Å². The third kappa shape index (κ3) is 3.21. The first-order valence-electron chi connectivity index (χ1n) is 9.37. The van der Waals surface area contributed by atoms with Crippen LogP contribution in [0.3, 0.4) is 0 Å². The number of nitrogens with one attached hydrogen (secondary N) is 2. The second-order valence-corrected chi connectivity index (χ2v) is 7.15. The number of hydrogen-bond donors (Lipinski definition) is 4. The van der Waals surface area contributed by atoms with Crippen molar-refractivity contribution in [1.29, 1.82) is 0 Å². The summed E-state index contributed by atoms with van der Waals surface area (Å²) in [7, 11) is 0. The molecule has 8 heteroatoms. The molecule has 2 aromatic carbocycles. The predicted octanol–water partition coefficient (Wildman–Crippen LogP) is 2.83. The number of nitrogens with two attached hydrogens (primary N) is 1. The van der Waals surface area contributed by atoms with E-state index in [-0.39, 0.29) is 34.3 Å². The van der Waals surface area contributed by atoms with Crippen LogP contribution in [0, 0.1) is 5.82 Å². The van der Waals surface area contributed by atoms with Crippen molar-refractivity contribution in [2.75, 3.05) is 11.1 Å². The number of nitrogen functional groups attached to an aromatic ring is 1. The van der Waals surface area contributed by atoms with Crippen LogP contribution in [0.15, 0.2) is 47.4 Å². The average Bonchev–Trinajstić information content (AvgIpc) is 3.51. The third-order valence-electron chi connectivity index (χ3n) is 5.39. The van der Waals surface area contributed by atoms with Crippen molar-refractivity contribution in [3.63, 3.8) is 0 Å². The van der Waals surface area contributed by atoms with E-state index in [9.17, 15) is 14.0 Å². The summed E-state index contributed by atoms with van der Waals surface area (Å²) in [5, 5.41) is 12.0. The first-order chi connectivity index (χ1) is 14.0. The van der Waals surface area contributed by atoms with Crippen LogP contribution in [0.2, 0.25) is 0 Å². The highest BCUT2D eigenvalue weighted by Gasteiger charge is 2.39. The molecule has 1 heterocycles. The van der Waals surface area contributed by atoms with Gasteiger partial charge in [-0.15, -0.1) is 0 Å². The molecule has 0 aliphatic heterocycles. The molecule has 0 saturated heterocycles. The first kappa shape index (κ1) is 18.9. The van der Waals surface area contributed by atoms with Crippen molar-refractivity contribution in [2.24, 2.45) is 0 Å². The molecule has 1 fully saturated rings. The quantitative estimate of drug-likeness (QED) is 0.301. The Morgan fingerprint density at radius 1 is 1.34 bits per heavy atom. The van der Waals surface area contributed by atoms with Crippen molar-refractivity contribution in [1.82, 2.24) is 10.0 Å². The molecule has 2 atom stereocenters. The van der Waals surface area contributed by atoms with Gasteiger partial charge in [0.1, 0.15) is 5.56 Å². The zero-order valence-corrected chi connectivity index (χ0v) is 15.8. The molecule has 3 aromatic rings. The van der Waals surface area contributed by atoms with Gasteiger partial charge in [0.25, 0.3) is 5.91 Å². The highest BCUT2D eigenvalue weighted by molar-refractivity contribution is 6.01. The van der Waals surface area contributed by atoms with E-state index in [2.05, 4.69) is 5.32 Å². The molecule has 150 valence electrons. The van der Waals surface area contributed by atoms with E-state index in [1.165, 1.54) is 17.2 Å². The molecule has 0 bridgehead atoms. The number of nitrogens with zero attached hydrogens (tertiary/aromatic N) is 1. The van der Waals surface area contributed by atoms with Crippen LogP contribution in [0.1, 0.15) is 35.2 Å². The summed E-state index contributed by atoms with van der Waals surface area (Å²) in [6.45, 7) is 2.24. The maximum atomic E-state index is 15.0. The van der Waals surface area contributed by atoms with E-state index < -0.39 is 17.2 Å². The highest BCUT2D eigenvalue weighted by atomic mass is 19.1. The Morgan fingerprint density at radius 2 is 2.07 bits per heavy atom. The van der Waals surface area contributed by atoms with Gasteiger partial charge in [-0.05, 0) is 25.0 Å². The number of fused-ring (bicyclic) bond motifs is 1. The lowest BCUT2D eigenvalue weighted by molar-refractivity contribution is 0.0704. The fourth-order valence-electron chi connectivity index (χ4n) is 3.76. The van der Waals surface area contributed by atoms with Crippen LogP contribution in [0.5, 0.6) is 0 Å². The van der Waals surface area contributed by atoms with Crippen LogP contribution in [-0.4, -0.2) is 21.7 Å². The van der Waals surface area contributed by atoms with Crippen LogP contribution in [-0.2, 0) is 6.54 Å². The highest BCUT2D eigenvalue weighted by Crippen LogP contribution is 2.43. The number of aromatic nitrogens is 1. The van der Waals surface area contributed by atoms with Crippen LogP contribution >= 0.6 is 0 Å². The number of anilines is 2. The van der Waals surface area contributed by atoms with Gasteiger partial charge in [-0.3, -0.25) is 14.8 Å². The van der Waals surface area contributed by atoms with E-state index in [1.807, 2.05) is 37.3 Å². The fourth-order valence-corrected chi connectivity index (χ4v) is 3.76. The summed E-state index contributed by atoms with van der Waals surface area (Å²) >= 11 is 0. The number of amides is 1. The molecular formula is C21H21FN4O3. The first-order valence-corrected chi connectivity index (χ1v) is 9.37. The lowest BCUT2D eigenvalue weighted by Gasteiger charge is -2.16. The van der Waals surface area contributed by atoms with E-state index in [1.54, 1.807) is 10.6 Å². The zero-order chi connectivity index (χ0) is 20.7. The van der Waals surface area contributed by atoms with Crippen molar-refractivity contribution in [3.05, 3.63) is 69.8 Å². The molecule has 1 amide bonds. The Bertz CT molecular complexity index is 1160. The Labute approximate surface area is 165 Å². The number of halogens is 1. The Balaban J connectivity index is 1.77. The minimum absolute atomic E-state index is 0.0741. The zero-order valence-electron chi connectivity index (χ0n) is 15.8. The Kier molecular flexibility index (Phi) is 4.71. The van der Waals surface area contributed by atoms with Crippen LogP contribution in [0.25, 0.3) is 10.9 Å². The smallest absolute Gasteiger partial charge is 0.280 e. The van der Waals surface area contributed by atoms with Gasteiger partial charge < -0.3 is 15.6 Å². The van der Waals surface area contributed by atoms with Gasteiger partial charge in [-0.1, -0.05) is 30.3 Å². The number of rotatable bonds is 5. The van der Waals surface area contributed by atoms with Gasteiger partial charge in [0.15, 0.2) is 5.82 Å². The lowest BCUT2D eigenvalue weighted by atomic mass is 10.1. The molecule has 29 heavy (non-hydrogen) atoms. The molecule has 5 N–H and O–H groups in total. The minimum Gasteiger partial charge on any atom is -0.396 e. The minimum atomic E-state index is -0.968. The average molecular weight is 396 g/mol. The van der Waals surface area contributed by atoms with Crippen molar-refractivity contribution in [2.45, 2.75) is 31.8 Å². The van der Waals surface area contributed by atoms with Gasteiger partial charge in [0.05, 0.1) is 22.3 Å². The van der Waals surface area contributed by atoms with Gasteiger partial charge >= 0.3 is 0 Å². The standard InChI is InChI=1S/C21H21FN4O3/c1-2-26-10-13(21(28)25-29)20(27)17-16(26)9-15(18(22)19(17)23)24-14-8-12(14)11-6-4-3-5-7-11/h3-7,9-10,12,14,24,29H,2,8,23H2,1H3,(H,25,28). The van der Waals surface area contributed by atoms with Gasteiger partial charge in [0.2, 0.25) is 5.43 Å². The SMILES string of the molecule is CCn1cc(C(=O)NO)c(=O)c2c(N)c(F)c(NC3CC3c3ccccc3)cc21. The number of carbonyl (C=O) groups excluding carboxylic acids is 1. The van der Waals surface area contributed by atoms with Crippen molar-refractivity contribution < 1.29 is 14.4 Å². The number of benzene rings is 2. The molecule has 4 rings (SSSR count). The molecule has 2 unspecified atom stereocenters. The normalized spacial score (nSPS) is 17.9. The second-order valence-electron chi connectivity index (χ2n) is 7.15. The fraction of sp³-hybridized carbons (Fsp3) is 0.238. The largest absolute Gasteiger partial charge is 0.396 e. The molecule has 1 saturated carbocycles. The number of aryl methyl sites for hydroxylation is 1. The molecule has 7 nitrogen and oxygen atoms in total. The number of carbonyl (C=O) groups is 1. The van der Waals surface area contributed by atoms with Crippen molar-refractivity contribution in [3.8, 4) is 0 Å². The van der Waals surface area contributed by atoms with Crippen molar-refractivity contribution >= 4 is 28.2 Å². The Morgan fingerprint density at radius 3 is 2.72 bits per heavy atom. The summed E-state index contributed by atoms with van der Waals surface area (Å²) in [5.41, 5.74) is 7.89. The summed E-state index contributed by atoms with van der Waals surface area (Å²) < 4.78 is 16.6. The predicted molar refractivity (Wildman–Crippen MR) is 109 cm³/mol. The third-order valence-corrected chi connectivity index (χ3v) is 5.39. The molecular weight excluding hydrogens is 375 g/mol. The molecule has 1 aliphatic carbocycles. The number of hydroxylamine groups is 1. The monoisotopic (exact) mass is 396 g/mol. The maximum Gasteiger partial charge on any atom is 0.280 e. The molecule has 1 aromatic heterocycles. The summed E-state index contributed by atoms with van der Waals surface area (Å²) in [6.07, 6.45) is 2.21. The molecule has 0 spiro atoms. The van der Waals surface area contributed by atoms with E-state index in [4.69, 9.17) is 10.9 Å². The van der Waals surface area contributed by atoms with Gasteiger partial charge in [-0.2, -0.15) is 0 Å². The molecule has 1 aliphatic rings. The number of pyridine rings is 1. The summed E-state index contributed by atoms with van der Waals surface area (Å²) in [5.74, 6) is -1.40. The Hall–Kier alpha value is -3.39.